The molecule has 1 atom stereocenters. The van der Waals surface area contributed by atoms with E-state index in [1.165, 1.54) is 35.2 Å². The molecule has 0 aliphatic carbocycles. The van der Waals surface area contributed by atoms with E-state index in [2.05, 4.69) is 10.3 Å². The van der Waals surface area contributed by atoms with Crippen LogP contribution in [0, 0.1) is 5.82 Å². The molecule has 2 heterocycles. The lowest BCUT2D eigenvalue weighted by molar-refractivity contribution is -0.139. The molecule has 182 valence electrons. The number of ether oxygens (including phenoxy) is 1. The maximum Gasteiger partial charge on any atom is 0.338 e. The first-order chi connectivity index (χ1) is 16.3. The first kappa shape index (κ1) is 26.7. The maximum absolute atomic E-state index is 13.6. The number of hydrogen-bond donors (Lipinski definition) is 1. The molecule has 0 aromatic heterocycles. The summed E-state index contributed by atoms with van der Waals surface area (Å²) in [6.45, 7) is 3.44. The Hall–Kier alpha value is -2.95. The molecular formula is C24H20BrClFN3O4S. The van der Waals surface area contributed by atoms with Gasteiger partial charge in [-0.3, -0.25) is 14.5 Å². The van der Waals surface area contributed by atoms with Crippen LogP contribution in [0.15, 0.2) is 75.8 Å². The number of fused-ring (bicyclic) bond motifs is 1. The Morgan fingerprint density at radius 3 is 2.46 bits per heavy atom. The predicted octanol–water partition coefficient (Wildman–Crippen LogP) is 5.40. The van der Waals surface area contributed by atoms with Crippen molar-refractivity contribution < 1.29 is 23.5 Å². The summed E-state index contributed by atoms with van der Waals surface area (Å²) in [6, 6.07) is 11.2. The van der Waals surface area contributed by atoms with Crippen molar-refractivity contribution in [2.24, 2.45) is 4.99 Å². The number of rotatable bonds is 5. The van der Waals surface area contributed by atoms with Crippen molar-refractivity contribution in [2.75, 3.05) is 11.9 Å². The molecule has 2 amide bonds. The van der Waals surface area contributed by atoms with Gasteiger partial charge in [0.2, 0.25) is 0 Å². The number of halogens is 3. The summed E-state index contributed by atoms with van der Waals surface area (Å²) in [5, 5.41) is 3.48. The van der Waals surface area contributed by atoms with Crippen molar-refractivity contribution in [2.45, 2.75) is 19.9 Å². The van der Waals surface area contributed by atoms with Gasteiger partial charge in [-0.05, 0) is 67.6 Å². The number of carbonyl (C=O) groups is 3. The van der Waals surface area contributed by atoms with Crippen LogP contribution in [0.3, 0.4) is 0 Å². The minimum Gasteiger partial charge on any atom is -0.463 e. The van der Waals surface area contributed by atoms with Crippen molar-refractivity contribution in [1.29, 1.82) is 0 Å². The molecule has 35 heavy (non-hydrogen) atoms. The highest BCUT2D eigenvalue weighted by molar-refractivity contribution is 8.93. The average molecular weight is 581 g/mol. The van der Waals surface area contributed by atoms with Crippen molar-refractivity contribution in [1.82, 2.24) is 4.90 Å². The molecule has 2 aromatic carbocycles. The van der Waals surface area contributed by atoms with Gasteiger partial charge in [-0.15, -0.1) is 17.0 Å². The van der Waals surface area contributed by atoms with E-state index in [0.29, 0.717) is 22.0 Å². The van der Waals surface area contributed by atoms with Crippen LogP contribution in [0.4, 0.5) is 10.1 Å². The zero-order valence-electron chi connectivity index (χ0n) is 18.6. The van der Waals surface area contributed by atoms with Crippen molar-refractivity contribution in [3.05, 3.63) is 87.2 Å². The number of amides is 2. The third kappa shape index (κ3) is 5.66. The molecule has 0 bridgehead atoms. The predicted molar refractivity (Wildman–Crippen MR) is 139 cm³/mol. The van der Waals surface area contributed by atoms with Crippen molar-refractivity contribution >= 4 is 69.0 Å². The zero-order valence-corrected chi connectivity index (χ0v) is 21.9. The van der Waals surface area contributed by atoms with Crippen LogP contribution in [-0.2, 0) is 19.1 Å². The molecule has 0 radical (unpaired) electrons. The summed E-state index contributed by atoms with van der Waals surface area (Å²) < 4.78 is 18.8. The minimum atomic E-state index is -0.885. The fourth-order valence-electron chi connectivity index (χ4n) is 3.56. The van der Waals surface area contributed by atoms with E-state index >= 15 is 0 Å². The van der Waals surface area contributed by atoms with Gasteiger partial charge in [0.1, 0.15) is 5.82 Å². The lowest BCUT2D eigenvalue weighted by atomic mass is 9.94. The molecular weight excluding hydrogens is 561 g/mol. The van der Waals surface area contributed by atoms with E-state index in [0.717, 1.165) is 11.8 Å². The summed E-state index contributed by atoms with van der Waals surface area (Å²) in [6.07, 6.45) is 1.19. The number of benzene rings is 2. The Morgan fingerprint density at radius 2 is 1.83 bits per heavy atom. The highest BCUT2D eigenvalue weighted by Crippen LogP contribution is 2.42. The summed E-state index contributed by atoms with van der Waals surface area (Å²) in [5.41, 5.74) is 1.54. The van der Waals surface area contributed by atoms with Gasteiger partial charge in [-0.2, -0.15) is 0 Å². The molecule has 1 N–H and O–H groups in total. The van der Waals surface area contributed by atoms with Gasteiger partial charge in [-0.25, -0.2) is 14.2 Å². The normalized spacial score (nSPS) is 17.1. The van der Waals surface area contributed by atoms with Gasteiger partial charge in [0.15, 0.2) is 5.17 Å². The van der Waals surface area contributed by atoms with Crippen LogP contribution in [0.2, 0.25) is 5.02 Å². The Bertz CT molecular complexity index is 1260. The largest absolute Gasteiger partial charge is 0.463 e. The Balaban J connectivity index is 0.00000342. The van der Waals surface area contributed by atoms with Crippen molar-refractivity contribution in [3.63, 3.8) is 0 Å². The zero-order chi connectivity index (χ0) is 24.4. The third-order valence-corrected chi connectivity index (χ3v) is 6.34. The van der Waals surface area contributed by atoms with E-state index in [1.807, 2.05) is 0 Å². The smallest absolute Gasteiger partial charge is 0.338 e. The fraction of sp³-hybridized carbons (Fsp3) is 0.167. The highest BCUT2D eigenvalue weighted by atomic mass is 79.9. The monoisotopic (exact) mass is 579 g/mol. The van der Waals surface area contributed by atoms with E-state index in [4.69, 9.17) is 16.3 Å². The standard InChI is InChI=1S/C24H19ClFN3O4S.BrH/c1-3-33-23(32)20-13(2)27-24-29(21(20)14-4-8-16(26)9-5-14)19(30)12-18(34-24)22(31)28-17-10-6-15(25)7-11-17;/h4-12,21H,3H2,1-2H3,(H,28,31);1H. The second-order valence-electron chi connectivity index (χ2n) is 7.35. The van der Waals surface area contributed by atoms with Crippen LogP contribution < -0.4 is 5.32 Å². The SMILES string of the molecule is Br.CCOC(=O)C1=C(C)N=C2SC(C(=O)Nc3ccc(Cl)cc3)=CC(=O)N2C1c1ccc(F)cc1. The van der Waals surface area contributed by atoms with E-state index in [-0.39, 0.29) is 39.2 Å². The Labute approximate surface area is 220 Å². The number of anilines is 1. The second-order valence-corrected chi connectivity index (χ2v) is 8.79. The molecule has 7 nitrogen and oxygen atoms in total. The van der Waals surface area contributed by atoms with Gasteiger partial charge < -0.3 is 10.1 Å². The van der Waals surface area contributed by atoms with Gasteiger partial charge in [0.25, 0.3) is 11.8 Å². The lowest BCUT2D eigenvalue weighted by Crippen LogP contribution is -2.45. The first-order valence-corrected chi connectivity index (χ1v) is 11.5. The molecule has 0 saturated carbocycles. The summed E-state index contributed by atoms with van der Waals surface area (Å²) >= 11 is 6.88. The van der Waals surface area contributed by atoms with Crippen LogP contribution >= 0.6 is 40.3 Å². The van der Waals surface area contributed by atoms with Crippen molar-refractivity contribution in [3.8, 4) is 0 Å². The Morgan fingerprint density at radius 1 is 1.17 bits per heavy atom. The molecule has 0 spiro atoms. The number of esters is 1. The number of nitrogens with one attached hydrogen (secondary N) is 1. The maximum atomic E-state index is 13.6. The van der Waals surface area contributed by atoms with Crippen LogP contribution in [0.1, 0.15) is 25.5 Å². The number of allylic oxidation sites excluding steroid dienone is 1. The fourth-order valence-corrected chi connectivity index (χ4v) is 4.67. The Kier molecular flexibility index (Phi) is 8.52. The van der Waals surface area contributed by atoms with E-state index in [9.17, 15) is 18.8 Å². The van der Waals surface area contributed by atoms with Gasteiger partial charge in [0.05, 0.1) is 28.8 Å². The van der Waals surface area contributed by atoms with Gasteiger partial charge in [0, 0.05) is 16.8 Å². The number of amidine groups is 1. The number of carbonyl (C=O) groups excluding carboxylic acids is 3. The topological polar surface area (TPSA) is 88.1 Å². The number of thioether (sulfide) groups is 1. The summed E-state index contributed by atoms with van der Waals surface area (Å²) in [4.78, 5) is 44.7. The number of nitrogens with zero attached hydrogens (tertiary/aromatic N) is 2. The second kappa shape index (κ2) is 11.2. The molecule has 4 rings (SSSR count). The number of hydrogen-bond acceptors (Lipinski definition) is 6. The first-order valence-electron chi connectivity index (χ1n) is 10.3. The van der Waals surface area contributed by atoms with Crippen LogP contribution in [0.25, 0.3) is 0 Å². The van der Waals surface area contributed by atoms with Crippen LogP contribution in [-0.4, -0.2) is 34.5 Å². The molecule has 0 fully saturated rings. The van der Waals surface area contributed by atoms with E-state index < -0.39 is 29.6 Å². The van der Waals surface area contributed by atoms with E-state index in [1.54, 1.807) is 38.1 Å². The molecule has 0 saturated heterocycles. The third-order valence-electron chi connectivity index (χ3n) is 5.09. The van der Waals surface area contributed by atoms with Gasteiger partial charge >= 0.3 is 5.97 Å². The number of aliphatic imine (C=N–C) groups is 1. The quantitative estimate of drug-likeness (QED) is 0.479. The summed E-state index contributed by atoms with van der Waals surface area (Å²) in [5.74, 6) is -2.10. The van der Waals surface area contributed by atoms with Crippen LogP contribution in [0.5, 0.6) is 0 Å². The minimum absolute atomic E-state index is 0. The molecule has 11 heteroatoms. The van der Waals surface area contributed by atoms with Gasteiger partial charge in [-0.1, -0.05) is 23.7 Å². The molecule has 2 aromatic rings. The molecule has 1 unspecified atom stereocenters. The summed E-state index contributed by atoms with van der Waals surface area (Å²) in [7, 11) is 0. The molecule has 2 aliphatic rings. The lowest BCUT2D eigenvalue weighted by Gasteiger charge is -2.38. The molecule has 2 aliphatic heterocycles. The average Bonchev–Trinajstić information content (AvgIpc) is 2.80. The highest BCUT2D eigenvalue weighted by Gasteiger charge is 2.42.